The SMILES string of the molecule is CCOC(=O)C1=C[C@H]2OC(c3ccccc3)O[C@H]2[C@H](O)C1. The highest BCUT2D eigenvalue weighted by atomic mass is 16.7. The lowest BCUT2D eigenvalue weighted by Gasteiger charge is -2.26. The van der Waals surface area contributed by atoms with E-state index in [1.54, 1.807) is 13.0 Å². The highest BCUT2D eigenvalue weighted by Crippen LogP contribution is 2.37. The van der Waals surface area contributed by atoms with E-state index >= 15 is 0 Å². The molecule has 112 valence electrons. The smallest absolute Gasteiger partial charge is 0.333 e. The summed E-state index contributed by atoms with van der Waals surface area (Å²) in [6, 6.07) is 9.54. The van der Waals surface area contributed by atoms with Gasteiger partial charge in [-0.05, 0) is 13.0 Å². The molecule has 5 nitrogen and oxygen atoms in total. The quantitative estimate of drug-likeness (QED) is 0.859. The number of carbonyl (C=O) groups is 1. The Labute approximate surface area is 123 Å². The van der Waals surface area contributed by atoms with E-state index < -0.39 is 30.6 Å². The first-order valence-corrected chi connectivity index (χ1v) is 7.10. The first-order valence-electron chi connectivity index (χ1n) is 7.10. The van der Waals surface area contributed by atoms with Crippen molar-refractivity contribution in [3.05, 3.63) is 47.5 Å². The Morgan fingerprint density at radius 2 is 2.10 bits per heavy atom. The van der Waals surface area contributed by atoms with Crippen molar-refractivity contribution in [3.63, 3.8) is 0 Å². The summed E-state index contributed by atoms with van der Waals surface area (Å²) in [5.41, 5.74) is 1.34. The second kappa shape index (κ2) is 5.97. The van der Waals surface area contributed by atoms with Crippen LogP contribution in [0.15, 0.2) is 42.0 Å². The minimum atomic E-state index is -0.770. The van der Waals surface area contributed by atoms with E-state index in [-0.39, 0.29) is 6.42 Å². The van der Waals surface area contributed by atoms with Gasteiger partial charge in [-0.25, -0.2) is 4.79 Å². The molecule has 1 heterocycles. The van der Waals surface area contributed by atoms with Crippen LogP contribution in [0.5, 0.6) is 0 Å². The van der Waals surface area contributed by atoms with Crippen molar-refractivity contribution >= 4 is 5.97 Å². The van der Waals surface area contributed by atoms with Crippen molar-refractivity contribution in [1.29, 1.82) is 0 Å². The average molecular weight is 290 g/mol. The van der Waals surface area contributed by atoms with Gasteiger partial charge < -0.3 is 19.3 Å². The normalized spacial score (nSPS) is 31.4. The zero-order valence-corrected chi connectivity index (χ0v) is 11.8. The van der Waals surface area contributed by atoms with Gasteiger partial charge in [0.2, 0.25) is 0 Å². The molecule has 0 spiro atoms. The van der Waals surface area contributed by atoms with Crippen molar-refractivity contribution in [2.45, 2.75) is 37.9 Å². The van der Waals surface area contributed by atoms with E-state index in [2.05, 4.69) is 0 Å². The molecule has 1 aromatic carbocycles. The maximum Gasteiger partial charge on any atom is 0.333 e. The van der Waals surface area contributed by atoms with Crippen molar-refractivity contribution in [3.8, 4) is 0 Å². The number of aliphatic hydroxyl groups excluding tert-OH is 1. The predicted molar refractivity (Wildman–Crippen MR) is 74.3 cm³/mol. The molecule has 1 aliphatic carbocycles. The first kappa shape index (κ1) is 14.3. The van der Waals surface area contributed by atoms with E-state index in [9.17, 15) is 9.90 Å². The van der Waals surface area contributed by atoms with Crippen LogP contribution in [0.3, 0.4) is 0 Å². The third-order valence-electron chi connectivity index (χ3n) is 3.67. The Kier molecular flexibility index (Phi) is 4.05. The molecule has 1 aromatic rings. The first-order chi connectivity index (χ1) is 10.2. The molecular formula is C16H18O5. The van der Waals surface area contributed by atoms with E-state index in [0.29, 0.717) is 12.2 Å². The number of aliphatic hydroxyl groups is 1. The van der Waals surface area contributed by atoms with Gasteiger partial charge in [0, 0.05) is 17.6 Å². The van der Waals surface area contributed by atoms with E-state index in [0.717, 1.165) is 5.56 Å². The summed E-state index contributed by atoms with van der Waals surface area (Å²) in [7, 11) is 0. The topological polar surface area (TPSA) is 65.0 Å². The van der Waals surface area contributed by atoms with Gasteiger partial charge in [0.05, 0.1) is 12.7 Å². The van der Waals surface area contributed by atoms with Crippen LogP contribution in [0, 0.1) is 0 Å². The van der Waals surface area contributed by atoms with Crippen LogP contribution in [0.25, 0.3) is 0 Å². The molecule has 21 heavy (non-hydrogen) atoms. The molecular weight excluding hydrogens is 272 g/mol. The average Bonchev–Trinajstić information content (AvgIpc) is 2.93. The predicted octanol–water partition coefficient (Wildman–Crippen LogP) is 1.72. The molecule has 1 unspecified atom stereocenters. The number of hydrogen-bond donors (Lipinski definition) is 1. The number of benzene rings is 1. The molecule has 1 fully saturated rings. The summed E-state index contributed by atoms with van der Waals surface area (Å²) in [5.74, 6) is -0.401. The number of fused-ring (bicyclic) bond motifs is 1. The number of carbonyl (C=O) groups excluding carboxylic acids is 1. The largest absolute Gasteiger partial charge is 0.463 e. The van der Waals surface area contributed by atoms with Crippen molar-refractivity contribution < 1.29 is 24.1 Å². The minimum absolute atomic E-state index is 0.227. The molecule has 0 aromatic heterocycles. The summed E-state index contributed by atoms with van der Waals surface area (Å²) < 4.78 is 16.6. The van der Waals surface area contributed by atoms with Gasteiger partial charge in [0.15, 0.2) is 6.29 Å². The Bertz CT molecular complexity index is 539. The van der Waals surface area contributed by atoms with Crippen LogP contribution in [0.2, 0.25) is 0 Å². The molecule has 4 atom stereocenters. The molecule has 5 heteroatoms. The molecule has 3 rings (SSSR count). The number of hydrogen-bond acceptors (Lipinski definition) is 5. The molecule has 1 saturated heterocycles. The lowest BCUT2D eigenvalue weighted by Crippen LogP contribution is -2.39. The molecule has 1 aliphatic heterocycles. The standard InChI is InChI=1S/C16H18O5/c1-2-19-15(18)11-8-12(17)14-13(9-11)20-16(21-14)10-6-4-3-5-7-10/h3-7,9,12-14,16-17H,2,8H2,1H3/t12-,13-,14+,16?/m1/s1. The second-order valence-electron chi connectivity index (χ2n) is 5.13. The summed E-state index contributed by atoms with van der Waals surface area (Å²) in [6.45, 7) is 2.06. The third-order valence-corrected chi connectivity index (χ3v) is 3.67. The molecule has 0 bridgehead atoms. The maximum atomic E-state index is 11.8. The second-order valence-corrected chi connectivity index (χ2v) is 5.13. The van der Waals surface area contributed by atoms with Crippen molar-refractivity contribution in [2.24, 2.45) is 0 Å². The Hall–Kier alpha value is -1.69. The fourth-order valence-electron chi connectivity index (χ4n) is 2.67. The molecule has 1 N–H and O–H groups in total. The van der Waals surface area contributed by atoms with E-state index in [4.69, 9.17) is 14.2 Å². The number of rotatable bonds is 3. The van der Waals surface area contributed by atoms with Gasteiger partial charge >= 0.3 is 5.97 Å². The molecule has 0 radical (unpaired) electrons. The van der Waals surface area contributed by atoms with Crippen LogP contribution >= 0.6 is 0 Å². The van der Waals surface area contributed by atoms with Crippen molar-refractivity contribution in [1.82, 2.24) is 0 Å². The Balaban J connectivity index is 1.77. The summed E-state index contributed by atoms with van der Waals surface area (Å²) >= 11 is 0. The van der Waals surface area contributed by atoms with Gasteiger partial charge in [-0.1, -0.05) is 30.3 Å². The fraction of sp³-hybridized carbons (Fsp3) is 0.438. The summed E-state index contributed by atoms with van der Waals surface area (Å²) in [4.78, 5) is 11.8. The highest BCUT2D eigenvalue weighted by molar-refractivity contribution is 5.88. The van der Waals surface area contributed by atoms with Gasteiger partial charge in [0.25, 0.3) is 0 Å². The molecule has 0 amide bonds. The van der Waals surface area contributed by atoms with Crippen LogP contribution in [0.1, 0.15) is 25.2 Å². The van der Waals surface area contributed by atoms with Gasteiger partial charge in [-0.3, -0.25) is 0 Å². The van der Waals surface area contributed by atoms with Crippen LogP contribution in [-0.4, -0.2) is 36.0 Å². The van der Waals surface area contributed by atoms with Gasteiger partial charge in [0.1, 0.15) is 12.2 Å². The summed E-state index contributed by atoms with van der Waals surface area (Å²) in [6.07, 6.45) is -0.239. The van der Waals surface area contributed by atoms with Crippen LogP contribution in [0.4, 0.5) is 0 Å². The maximum absolute atomic E-state index is 11.8. The molecule has 2 aliphatic rings. The van der Waals surface area contributed by atoms with E-state index in [1.165, 1.54) is 0 Å². The minimum Gasteiger partial charge on any atom is -0.463 e. The highest BCUT2D eigenvalue weighted by Gasteiger charge is 2.44. The number of esters is 1. The Morgan fingerprint density at radius 1 is 1.33 bits per heavy atom. The third kappa shape index (κ3) is 2.85. The van der Waals surface area contributed by atoms with Crippen LogP contribution < -0.4 is 0 Å². The lowest BCUT2D eigenvalue weighted by molar-refractivity contribution is -0.139. The zero-order valence-electron chi connectivity index (χ0n) is 11.8. The number of ether oxygens (including phenoxy) is 3. The van der Waals surface area contributed by atoms with Crippen LogP contribution in [-0.2, 0) is 19.0 Å². The fourth-order valence-corrected chi connectivity index (χ4v) is 2.67. The lowest BCUT2D eigenvalue weighted by atomic mass is 9.92. The zero-order chi connectivity index (χ0) is 14.8. The molecule has 0 saturated carbocycles. The van der Waals surface area contributed by atoms with Crippen molar-refractivity contribution in [2.75, 3.05) is 6.61 Å². The monoisotopic (exact) mass is 290 g/mol. The Morgan fingerprint density at radius 3 is 2.81 bits per heavy atom. The summed E-state index contributed by atoms with van der Waals surface area (Å²) in [5, 5.41) is 10.2. The van der Waals surface area contributed by atoms with E-state index in [1.807, 2.05) is 30.3 Å². The van der Waals surface area contributed by atoms with Gasteiger partial charge in [-0.15, -0.1) is 0 Å². The van der Waals surface area contributed by atoms with Gasteiger partial charge in [-0.2, -0.15) is 0 Å².